The first-order valence-electron chi connectivity index (χ1n) is 10.7. The number of aromatic nitrogens is 2. The zero-order valence-corrected chi connectivity index (χ0v) is 19.7. The first-order chi connectivity index (χ1) is 16.4. The second-order valence-electron chi connectivity index (χ2n) is 7.68. The predicted molar refractivity (Wildman–Crippen MR) is 132 cm³/mol. The molecule has 0 unspecified atom stereocenters. The van der Waals surface area contributed by atoms with Crippen molar-refractivity contribution in [1.82, 2.24) is 9.13 Å². The molecular weight excluding hydrogens is 478 g/mol. The predicted octanol–water partition coefficient (Wildman–Crippen LogP) is 3.84. The highest BCUT2D eigenvalue weighted by Crippen LogP contribution is 2.32. The van der Waals surface area contributed by atoms with E-state index in [1.54, 1.807) is 48.5 Å². The van der Waals surface area contributed by atoms with Gasteiger partial charge < -0.3 is 14.8 Å². The average molecular weight is 498 g/mol. The Morgan fingerprint density at radius 2 is 1.88 bits per heavy atom. The highest BCUT2D eigenvalue weighted by Gasteiger charge is 2.20. The number of hydrogen-bond donors (Lipinski definition) is 1. The number of rotatable bonds is 5. The fraction of sp³-hybridized carbons (Fsp3) is 0.208. The lowest BCUT2D eigenvalue weighted by Crippen LogP contribution is -2.40. The van der Waals surface area contributed by atoms with Gasteiger partial charge in [-0.2, -0.15) is 0 Å². The number of anilines is 1. The molecule has 0 fully saturated rings. The van der Waals surface area contributed by atoms with Crippen LogP contribution in [0.2, 0.25) is 5.02 Å². The minimum atomic E-state index is -0.610. The van der Waals surface area contributed by atoms with Gasteiger partial charge in [-0.15, -0.1) is 11.3 Å². The summed E-state index contributed by atoms with van der Waals surface area (Å²) in [5, 5.41) is 3.58. The molecule has 174 valence electrons. The Kier molecular flexibility index (Phi) is 5.89. The molecule has 4 aromatic rings. The summed E-state index contributed by atoms with van der Waals surface area (Å²) in [5.74, 6) is 0.744. The van der Waals surface area contributed by atoms with Crippen molar-refractivity contribution in [3.63, 3.8) is 0 Å². The largest absolute Gasteiger partial charge is 0.486 e. The number of amides is 1. The summed E-state index contributed by atoms with van der Waals surface area (Å²) in [7, 11) is 0. The number of halogens is 1. The van der Waals surface area contributed by atoms with E-state index in [2.05, 4.69) is 5.32 Å². The van der Waals surface area contributed by atoms with Gasteiger partial charge in [0.05, 0.1) is 11.1 Å². The van der Waals surface area contributed by atoms with Gasteiger partial charge in [0.2, 0.25) is 5.91 Å². The highest BCUT2D eigenvalue weighted by atomic mass is 35.5. The van der Waals surface area contributed by atoms with Gasteiger partial charge in [0.25, 0.3) is 5.56 Å². The molecule has 10 heteroatoms. The summed E-state index contributed by atoms with van der Waals surface area (Å²) in [5.41, 5.74) is -0.194. The molecule has 0 saturated carbocycles. The Labute approximate surface area is 202 Å². The molecule has 1 aliphatic rings. The van der Waals surface area contributed by atoms with Gasteiger partial charge >= 0.3 is 5.69 Å². The van der Waals surface area contributed by atoms with Crippen molar-refractivity contribution < 1.29 is 14.3 Å². The quantitative estimate of drug-likeness (QED) is 0.452. The van der Waals surface area contributed by atoms with E-state index in [0.717, 1.165) is 9.44 Å². The van der Waals surface area contributed by atoms with E-state index in [1.807, 2.05) is 6.92 Å². The van der Waals surface area contributed by atoms with Crippen molar-refractivity contribution >= 4 is 44.7 Å². The summed E-state index contributed by atoms with van der Waals surface area (Å²) in [6.45, 7) is 2.60. The number of nitrogens with one attached hydrogen (secondary N) is 1. The number of hydrogen-bond acceptors (Lipinski definition) is 6. The number of fused-ring (bicyclic) bond motifs is 2. The van der Waals surface area contributed by atoms with Crippen LogP contribution < -0.4 is 26.0 Å². The molecule has 2 aromatic heterocycles. The summed E-state index contributed by atoms with van der Waals surface area (Å²) < 4.78 is 13.5. The SMILES string of the molecule is CCc1cc2c(=O)n(-c3cccc(Cl)c3)c(=O)n(CC(=O)Nc3ccc4c(c3)OCCO4)c2s1. The minimum Gasteiger partial charge on any atom is -0.486 e. The van der Waals surface area contributed by atoms with E-state index in [-0.39, 0.29) is 6.54 Å². The maximum absolute atomic E-state index is 13.5. The lowest BCUT2D eigenvalue weighted by Gasteiger charge is -2.19. The normalized spacial score (nSPS) is 12.6. The highest BCUT2D eigenvalue weighted by molar-refractivity contribution is 7.18. The van der Waals surface area contributed by atoms with Gasteiger partial charge in [0.1, 0.15) is 24.6 Å². The monoisotopic (exact) mass is 497 g/mol. The summed E-state index contributed by atoms with van der Waals surface area (Å²) in [6, 6.07) is 13.4. The minimum absolute atomic E-state index is 0.270. The molecule has 34 heavy (non-hydrogen) atoms. The molecule has 5 rings (SSSR count). The van der Waals surface area contributed by atoms with Crippen molar-refractivity contribution in [1.29, 1.82) is 0 Å². The van der Waals surface area contributed by atoms with Crippen molar-refractivity contribution in [2.75, 3.05) is 18.5 Å². The van der Waals surface area contributed by atoms with Gasteiger partial charge in [-0.3, -0.25) is 14.2 Å². The summed E-state index contributed by atoms with van der Waals surface area (Å²) >= 11 is 7.44. The lowest BCUT2D eigenvalue weighted by atomic mass is 10.2. The number of thiophene rings is 1. The van der Waals surface area contributed by atoms with E-state index in [0.29, 0.717) is 57.7 Å². The molecular formula is C24H20ClN3O5S. The second kappa shape index (κ2) is 9.00. The third kappa shape index (κ3) is 4.08. The van der Waals surface area contributed by atoms with Crippen molar-refractivity contribution in [3.8, 4) is 17.2 Å². The molecule has 0 spiro atoms. The van der Waals surface area contributed by atoms with E-state index < -0.39 is 17.2 Å². The van der Waals surface area contributed by atoms with E-state index >= 15 is 0 Å². The van der Waals surface area contributed by atoms with Crippen LogP contribution >= 0.6 is 22.9 Å². The van der Waals surface area contributed by atoms with Crippen LogP contribution in [0.25, 0.3) is 15.9 Å². The van der Waals surface area contributed by atoms with Gasteiger partial charge in [-0.25, -0.2) is 9.36 Å². The molecule has 1 aliphatic heterocycles. The van der Waals surface area contributed by atoms with Crippen molar-refractivity contribution in [2.24, 2.45) is 0 Å². The molecule has 0 bridgehead atoms. The maximum Gasteiger partial charge on any atom is 0.337 e. The number of carbonyl (C=O) groups excluding carboxylic acids is 1. The van der Waals surface area contributed by atoms with Crippen molar-refractivity contribution in [3.05, 3.63) is 79.3 Å². The van der Waals surface area contributed by atoms with Gasteiger partial charge in [0.15, 0.2) is 11.5 Å². The Bertz CT molecular complexity index is 1540. The fourth-order valence-electron chi connectivity index (χ4n) is 3.82. The van der Waals surface area contributed by atoms with Crippen LogP contribution in [-0.2, 0) is 17.8 Å². The molecule has 1 N–H and O–H groups in total. The van der Waals surface area contributed by atoms with E-state index in [4.69, 9.17) is 21.1 Å². The third-order valence-electron chi connectivity index (χ3n) is 5.41. The standard InChI is InChI=1S/C24H20ClN3O5S/c1-2-17-12-18-22(30)28(16-5-3-4-14(25)10-16)24(31)27(23(18)34-17)13-21(29)26-15-6-7-19-20(11-15)33-9-8-32-19/h3-7,10-12H,2,8-9,13H2,1H3,(H,26,29). The molecule has 2 aromatic carbocycles. The fourth-order valence-corrected chi connectivity index (χ4v) is 5.08. The molecule has 0 saturated heterocycles. The van der Waals surface area contributed by atoms with Crippen LogP contribution in [-0.4, -0.2) is 28.3 Å². The van der Waals surface area contributed by atoms with Gasteiger partial charge in [-0.05, 0) is 42.8 Å². The van der Waals surface area contributed by atoms with Crippen LogP contribution in [0.15, 0.2) is 58.1 Å². The maximum atomic E-state index is 13.5. The lowest BCUT2D eigenvalue weighted by molar-refractivity contribution is -0.116. The zero-order chi connectivity index (χ0) is 23.8. The molecule has 3 heterocycles. The first kappa shape index (κ1) is 22.2. The Balaban J connectivity index is 1.56. The van der Waals surface area contributed by atoms with Crippen molar-refractivity contribution in [2.45, 2.75) is 19.9 Å². The Hall–Kier alpha value is -3.56. The Morgan fingerprint density at radius 3 is 2.65 bits per heavy atom. The number of benzene rings is 2. The van der Waals surface area contributed by atoms with Crippen LogP contribution in [0.4, 0.5) is 5.69 Å². The molecule has 8 nitrogen and oxygen atoms in total. The van der Waals surface area contributed by atoms with Gasteiger partial charge in [-0.1, -0.05) is 24.6 Å². The van der Waals surface area contributed by atoms with E-state index in [9.17, 15) is 14.4 Å². The molecule has 0 aliphatic carbocycles. The van der Waals surface area contributed by atoms with Crippen LogP contribution in [0.5, 0.6) is 11.5 Å². The number of nitrogens with zero attached hydrogens (tertiary/aromatic N) is 2. The third-order valence-corrected chi connectivity index (χ3v) is 6.94. The van der Waals surface area contributed by atoms with Crippen LogP contribution in [0.1, 0.15) is 11.8 Å². The summed E-state index contributed by atoms with van der Waals surface area (Å²) in [6.07, 6.45) is 0.702. The number of ether oxygens (including phenoxy) is 2. The average Bonchev–Trinajstić information content (AvgIpc) is 3.27. The second-order valence-corrected chi connectivity index (χ2v) is 9.23. The molecule has 0 atom stereocenters. The molecule has 0 radical (unpaired) electrons. The van der Waals surface area contributed by atoms with E-state index in [1.165, 1.54) is 15.9 Å². The zero-order valence-electron chi connectivity index (χ0n) is 18.2. The van der Waals surface area contributed by atoms with Crippen LogP contribution in [0.3, 0.4) is 0 Å². The number of carbonyl (C=O) groups is 1. The number of aryl methyl sites for hydroxylation is 1. The van der Waals surface area contributed by atoms with Crippen LogP contribution in [0, 0.1) is 0 Å². The topological polar surface area (TPSA) is 91.6 Å². The smallest absolute Gasteiger partial charge is 0.337 e. The first-order valence-corrected chi connectivity index (χ1v) is 11.9. The summed E-state index contributed by atoms with van der Waals surface area (Å²) in [4.78, 5) is 41.1. The van der Waals surface area contributed by atoms with Gasteiger partial charge in [0, 0.05) is 21.7 Å². The Morgan fingerprint density at radius 1 is 1.09 bits per heavy atom. The molecule has 1 amide bonds.